The maximum atomic E-state index is 13.4. The molecule has 1 atom stereocenters. The lowest BCUT2D eigenvalue weighted by molar-refractivity contribution is -0.134. The molecule has 1 amide bonds. The smallest absolute Gasteiger partial charge is 0.222 e. The summed E-state index contributed by atoms with van der Waals surface area (Å²) >= 11 is 0. The molecule has 0 spiro atoms. The van der Waals surface area contributed by atoms with Crippen molar-refractivity contribution in [2.45, 2.75) is 19.3 Å². The molecule has 1 aromatic carbocycles. The maximum Gasteiger partial charge on any atom is 0.222 e. The van der Waals surface area contributed by atoms with Gasteiger partial charge in [-0.3, -0.25) is 4.79 Å². The third kappa shape index (κ3) is 2.86. The number of hydrogen-bond acceptors (Lipinski definition) is 2. The molecular formula is C14H15FN2O. The average molecular weight is 246 g/mol. The number of likely N-dealkylation sites (tertiary alicyclic amines) is 1. The molecule has 0 N–H and O–H groups in total. The second kappa shape index (κ2) is 5.63. The first-order chi connectivity index (χ1) is 8.70. The van der Waals surface area contributed by atoms with Gasteiger partial charge in [-0.1, -0.05) is 18.2 Å². The fraction of sp³-hybridized carbons (Fsp3) is 0.429. The zero-order chi connectivity index (χ0) is 13.0. The largest absolute Gasteiger partial charge is 0.341 e. The summed E-state index contributed by atoms with van der Waals surface area (Å²) in [7, 11) is 0. The topological polar surface area (TPSA) is 44.1 Å². The molecule has 0 bridgehead atoms. The van der Waals surface area contributed by atoms with E-state index in [-0.39, 0.29) is 17.6 Å². The molecule has 2 rings (SSSR count). The number of rotatable bonds is 3. The van der Waals surface area contributed by atoms with Crippen molar-refractivity contribution in [3.05, 3.63) is 35.6 Å². The Labute approximate surface area is 106 Å². The molecular weight excluding hydrogens is 231 g/mol. The van der Waals surface area contributed by atoms with Crippen molar-refractivity contribution in [2.24, 2.45) is 5.92 Å². The quantitative estimate of drug-likeness (QED) is 0.820. The molecule has 0 aliphatic carbocycles. The summed E-state index contributed by atoms with van der Waals surface area (Å²) in [6.45, 7) is 0.960. The number of carbonyl (C=O) groups excluding carboxylic acids is 1. The summed E-state index contributed by atoms with van der Waals surface area (Å²) in [6.07, 6.45) is 1.57. The number of nitrogens with zero attached hydrogens (tertiary/aromatic N) is 2. The van der Waals surface area contributed by atoms with Crippen molar-refractivity contribution in [2.75, 3.05) is 13.1 Å². The van der Waals surface area contributed by atoms with Gasteiger partial charge in [-0.15, -0.1) is 0 Å². The van der Waals surface area contributed by atoms with Gasteiger partial charge in [-0.2, -0.15) is 5.26 Å². The highest BCUT2D eigenvalue weighted by Gasteiger charge is 2.25. The van der Waals surface area contributed by atoms with Gasteiger partial charge in [0.25, 0.3) is 0 Å². The lowest BCUT2D eigenvalue weighted by atomic mass is 9.98. The van der Waals surface area contributed by atoms with Crippen LogP contribution < -0.4 is 0 Å². The number of nitriles is 1. The Hall–Kier alpha value is -1.89. The zero-order valence-corrected chi connectivity index (χ0v) is 10.1. The molecule has 94 valence electrons. The fourth-order valence-electron chi connectivity index (χ4n) is 2.19. The van der Waals surface area contributed by atoms with E-state index >= 15 is 0 Å². The van der Waals surface area contributed by atoms with Crippen molar-refractivity contribution < 1.29 is 9.18 Å². The Morgan fingerprint density at radius 3 is 2.94 bits per heavy atom. The summed E-state index contributed by atoms with van der Waals surface area (Å²) in [5, 5.41) is 8.88. The van der Waals surface area contributed by atoms with E-state index in [9.17, 15) is 9.18 Å². The van der Waals surface area contributed by atoms with Crippen LogP contribution in [0.1, 0.15) is 18.4 Å². The molecule has 1 aliphatic heterocycles. The SMILES string of the molecule is N#CC1CCC(=O)N(CCc2ccccc2F)C1. The Balaban J connectivity index is 1.95. The van der Waals surface area contributed by atoms with Crippen LogP contribution in [0, 0.1) is 23.1 Å². The normalized spacial score (nSPS) is 19.7. The lowest BCUT2D eigenvalue weighted by Crippen LogP contribution is -2.40. The van der Waals surface area contributed by atoms with Gasteiger partial charge in [0.2, 0.25) is 5.91 Å². The minimum atomic E-state index is -0.237. The van der Waals surface area contributed by atoms with E-state index in [0.717, 1.165) is 0 Å². The number of piperidine rings is 1. The summed E-state index contributed by atoms with van der Waals surface area (Å²) in [6, 6.07) is 8.78. The van der Waals surface area contributed by atoms with Crippen LogP contribution >= 0.6 is 0 Å². The number of benzene rings is 1. The van der Waals surface area contributed by atoms with Crippen LogP contribution in [0.2, 0.25) is 0 Å². The van der Waals surface area contributed by atoms with E-state index in [1.54, 1.807) is 23.1 Å². The van der Waals surface area contributed by atoms with Gasteiger partial charge in [-0.25, -0.2) is 4.39 Å². The molecule has 1 heterocycles. The summed E-state index contributed by atoms with van der Waals surface area (Å²) in [4.78, 5) is 13.4. The highest BCUT2D eigenvalue weighted by molar-refractivity contribution is 5.77. The Kier molecular flexibility index (Phi) is 3.93. The van der Waals surface area contributed by atoms with Crippen LogP contribution in [0.4, 0.5) is 4.39 Å². The predicted molar refractivity (Wildman–Crippen MR) is 65.0 cm³/mol. The first-order valence-corrected chi connectivity index (χ1v) is 6.11. The molecule has 1 fully saturated rings. The van der Waals surface area contributed by atoms with Gasteiger partial charge in [0, 0.05) is 19.5 Å². The Bertz CT molecular complexity index is 481. The summed E-state index contributed by atoms with van der Waals surface area (Å²) in [5.41, 5.74) is 0.615. The highest BCUT2D eigenvalue weighted by atomic mass is 19.1. The standard InChI is InChI=1S/C14H15FN2O/c15-13-4-2-1-3-12(13)7-8-17-10-11(9-16)5-6-14(17)18/h1-4,11H,5-8,10H2. The van der Waals surface area contributed by atoms with Crippen molar-refractivity contribution in [1.29, 1.82) is 5.26 Å². The van der Waals surface area contributed by atoms with Crippen molar-refractivity contribution in [3.63, 3.8) is 0 Å². The molecule has 18 heavy (non-hydrogen) atoms. The van der Waals surface area contributed by atoms with Gasteiger partial charge < -0.3 is 4.90 Å². The van der Waals surface area contributed by atoms with Crippen LogP contribution in [0.25, 0.3) is 0 Å². The number of hydrogen-bond donors (Lipinski definition) is 0. The second-order valence-electron chi connectivity index (χ2n) is 4.55. The van der Waals surface area contributed by atoms with Crippen molar-refractivity contribution in [1.82, 2.24) is 4.90 Å². The van der Waals surface area contributed by atoms with E-state index in [1.165, 1.54) is 6.07 Å². The minimum absolute atomic E-state index is 0.0674. The molecule has 0 radical (unpaired) electrons. The molecule has 1 saturated heterocycles. The highest BCUT2D eigenvalue weighted by Crippen LogP contribution is 2.17. The minimum Gasteiger partial charge on any atom is -0.341 e. The van der Waals surface area contributed by atoms with Gasteiger partial charge >= 0.3 is 0 Å². The van der Waals surface area contributed by atoms with Crippen LogP contribution in [0.5, 0.6) is 0 Å². The monoisotopic (exact) mass is 246 g/mol. The Morgan fingerprint density at radius 2 is 2.22 bits per heavy atom. The van der Waals surface area contributed by atoms with Gasteiger partial charge in [0.15, 0.2) is 0 Å². The Morgan fingerprint density at radius 1 is 1.44 bits per heavy atom. The van der Waals surface area contributed by atoms with E-state index < -0.39 is 0 Å². The zero-order valence-electron chi connectivity index (χ0n) is 10.1. The molecule has 1 aliphatic rings. The molecule has 1 aromatic rings. The summed E-state index contributed by atoms with van der Waals surface area (Å²) < 4.78 is 13.4. The van der Waals surface area contributed by atoms with Crippen molar-refractivity contribution in [3.8, 4) is 6.07 Å². The average Bonchev–Trinajstić information content (AvgIpc) is 2.39. The first kappa shape index (κ1) is 12.6. The van der Waals surface area contributed by atoms with E-state index in [4.69, 9.17) is 5.26 Å². The predicted octanol–water partition coefficient (Wildman–Crippen LogP) is 2.13. The molecule has 0 saturated carbocycles. The van der Waals surface area contributed by atoms with Crippen LogP contribution in [0.15, 0.2) is 24.3 Å². The first-order valence-electron chi connectivity index (χ1n) is 6.11. The van der Waals surface area contributed by atoms with E-state index in [1.807, 2.05) is 0 Å². The molecule has 3 nitrogen and oxygen atoms in total. The van der Waals surface area contributed by atoms with Crippen LogP contribution in [-0.4, -0.2) is 23.9 Å². The molecule has 4 heteroatoms. The lowest BCUT2D eigenvalue weighted by Gasteiger charge is -2.29. The maximum absolute atomic E-state index is 13.4. The van der Waals surface area contributed by atoms with Gasteiger partial charge in [0.1, 0.15) is 5.82 Å². The third-order valence-corrected chi connectivity index (χ3v) is 3.29. The number of halogens is 1. The number of amides is 1. The van der Waals surface area contributed by atoms with Crippen LogP contribution in [0.3, 0.4) is 0 Å². The van der Waals surface area contributed by atoms with Crippen molar-refractivity contribution >= 4 is 5.91 Å². The van der Waals surface area contributed by atoms with E-state index in [2.05, 4.69) is 6.07 Å². The van der Waals surface area contributed by atoms with Gasteiger partial charge in [0.05, 0.1) is 12.0 Å². The third-order valence-electron chi connectivity index (χ3n) is 3.29. The number of carbonyl (C=O) groups is 1. The van der Waals surface area contributed by atoms with E-state index in [0.29, 0.717) is 37.9 Å². The van der Waals surface area contributed by atoms with Gasteiger partial charge in [-0.05, 0) is 24.5 Å². The molecule has 0 aromatic heterocycles. The molecule has 1 unspecified atom stereocenters. The fourth-order valence-corrected chi connectivity index (χ4v) is 2.19. The second-order valence-corrected chi connectivity index (χ2v) is 4.55. The summed E-state index contributed by atoms with van der Waals surface area (Å²) in [5.74, 6) is -0.250. The van der Waals surface area contributed by atoms with Crippen LogP contribution in [-0.2, 0) is 11.2 Å².